The zero-order valence-electron chi connectivity index (χ0n) is 10.9. The SMILES string of the molecule is CC(C)CC(O)CNCCC(=O)NC(C)C. The maximum Gasteiger partial charge on any atom is 0.221 e. The molecule has 4 nitrogen and oxygen atoms in total. The Morgan fingerprint density at radius 3 is 2.38 bits per heavy atom. The molecule has 96 valence electrons. The molecule has 0 saturated heterocycles. The zero-order chi connectivity index (χ0) is 12.6. The summed E-state index contributed by atoms with van der Waals surface area (Å²) >= 11 is 0. The molecule has 1 unspecified atom stereocenters. The quantitative estimate of drug-likeness (QED) is 0.543. The maximum atomic E-state index is 11.3. The third kappa shape index (κ3) is 9.93. The lowest BCUT2D eigenvalue weighted by Gasteiger charge is -2.14. The number of aliphatic hydroxyl groups is 1. The summed E-state index contributed by atoms with van der Waals surface area (Å²) in [5, 5.41) is 15.5. The number of carbonyl (C=O) groups excluding carboxylic acids is 1. The minimum absolute atomic E-state index is 0.0563. The van der Waals surface area contributed by atoms with E-state index in [0.29, 0.717) is 25.4 Å². The highest BCUT2D eigenvalue weighted by atomic mass is 16.3. The van der Waals surface area contributed by atoms with Gasteiger partial charge in [-0.1, -0.05) is 13.8 Å². The monoisotopic (exact) mass is 230 g/mol. The summed E-state index contributed by atoms with van der Waals surface area (Å²) in [6, 6.07) is 0.194. The number of nitrogens with one attached hydrogen (secondary N) is 2. The first kappa shape index (κ1) is 15.4. The van der Waals surface area contributed by atoms with Crippen molar-refractivity contribution in [3.63, 3.8) is 0 Å². The second-order valence-corrected chi connectivity index (χ2v) is 4.96. The van der Waals surface area contributed by atoms with E-state index in [1.165, 1.54) is 0 Å². The molecular weight excluding hydrogens is 204 g/mol. The van der Waals surface area contributed by atoms with Crippen LogP contribution in [0.25, 0.3) is 0 Å². The first-order chi connectivity index (χ1) is 7.41. The summed E-state index contributed by atoms with van der Waals surface area (Å²) in [4.78, 5) is 11.3. The summed E-state index contributed by atoms with van der Waals surface area (Å²) in [6.45, 7) is 9.23. The van der Waals surface area contributed by atoms with Crippen LogP contribution in [0.5, 0.6) is 0 Å². The lowest BCUT2D eigenvalue weighted by atomic mass is 10.1. The Balaban J connectivity index is 3.42. The molecule has 0 aliphatic carbocycles. The lowest BCUT2D eigenvalue weighted by molar-refractivity contribution is -0.121. The van der Waals surface area contributed by atoms with Gasteiger partial charge in [-0.25, -0.2) is 0 Å². The number of amides is 1. The summed E-state index contributed by atoms with van der Waals surface area (Å²) in [6.07, 6.45) is 0.950. The lowest BCUT2D eigenvalue weighted by Crippen LogP contribution is -2.34. The van der Waals surface area contributed by atoms with Gasteiger partial charge in [0.05, 0.1) is 6.10 Å². The first-order valence-electron chi connectivity index (χ1n) is 6.10. The van der Waals surface area contributed by atoms with Crippen LogP contribution in [0.15, 0.2) is 0 Å². The van der Waals surface area contributed by atoms with Crippen LogP contribution >= 0.6 is 0 Å². The van der Waals surface area contributed by atoms with Crippen molar-refractivity contribution in [2.75, 3.05) is 13.1 Å². The predicted octanol–water partition coefficient (Wildman–Crippen LogP) is 0.898. The molecule has 16 heavy (non-hydrogen) atoms. The van der Waals surface area contributed by atoms with E-state index in [-0.39, 0.29) is 18.1 Å². The summed E-state index contributed by atoms with van der Waals surface area (Å²) in [5.41, 5.74) is 0. The van der Waals surface area contributed by atoms with Crippen LogP contribution in [0, 0.1) is 5.92 Å². The normalized spacial score (nSPS) is 13.2. The molecular formula is C12H26N2O2. The van der Waals surface area contributed by atoms with E-state index in [1.807, 2.05) is 13.8 Å². The molecule has 0 spiro atoms. The van der Waals surface area contributed by atoms with E-state index in [2.05, 4.69) is 24.5 Å². The van der Waals surface area contributed by atoms with Crippen molar-refractivity contribution in [1.29, 1.82) is 0 Å². The van der Waals surface area contributed by atoms with Gasteiger partial charge in [0.15, 0.2) is 0 Å². The Hall–Kier alpha value is -0.610. The topological polar surface area (TPSA) is 61.4 Å². The molecule has 0 aromatic carbocycles. The van der Waals surface area contributed by atoms with E-state index in [9.17, 15) is 9.90 Å². The fourth-order valence-electron chi connectivity index (χ4n) is 1.49. The molecule has 0 aliphatic heterocycles. The third-order valence-corrected chi connectivity index (χ3v) is 2.10. The summed E-state index contributed by atoms with van der Waals surface area (Å²) in [5.74, 6) is 0.557. The van der Waals surface area contributed by atoms with E-state index < -0.39 is 0 Å². The van der Waals surface area contributed by atoms with Crippen LogP contribution in [0.1, 0.15) is 40.5 Å². The molecule has 0 heterocycles. The van der Waals surface area contributed by atoms with Crippen molar-refractivity contribution in [2.45, 2.75) is 52.7 Å². The molecule has 0 rings (SSSR count). The van der Waals surface area contributed by atoms with Crippen molar-refractivity contribution >= 4 is 5.91 Å². The Labute approximate surface area is 98.8 Å². The van der Waals surface area contributed by atoms with Gasteiger partial charge in [-0.3, -0.25) is 4.79 Å². The van der Waals surface area contributed by atoms with Crippen LogP contribution in [-0.2, 0) is 4.79 Å². The molecule has 0 bridgehead atoms. The number of hydrogen-bond donors (Lipinski definition) is 3. The maximum absolute atomic E-state index is 11.3. The first-order valence-corrected chi connectivity index (χ1v) is 6.10. The van der Waals surface area contributed by atoms with Crippen molar-refractivity contribution < 1.29 is 9.90 Å². The zero-order valence-corrected chi connectivity index (χ0v) is 10.9. The van der Waals surface area contributed by atoms with Gasteiger partial charge in [0.25, 0.3) is 0 Å². The van der Waals surface area contributed by atoms with Crippen LogP contribution < -0.4 is 10.6 Å². The van der Waals surface area contributed by atoms with E-state index >= 15 is 0 Å². The Bertz CT molecular complexity index is 193. The second-order valence-electron chi connectivity index (χ2n) is 4.96. The molecule has 0 saturated carbocycles. The van der Waals surface area contributed by atoms with Gasteiger partial charge in [0.2, 0.25) is 5.91 Å². The predicted molar refractivity (Wildman–Crippen MR) is 66.2 cm³/mol. The van der Waals surface area contributed by atoms with Crippen LogP contribution in [0.2, 0.25) is 0 Å². The average Bonchev–Trinajstić information content (AvgIpc) is 2.10. The molecule has 0 aliphatic rings. The fourth-order valence-corrected chi connectivity index (χ4v) is 1.49. The smallest absolute Gasteiger partial charge is 0.221 e. The van der Waals surface area contributed by atoms with Crippen LogP contribution in [-0.4, -0.2) is 36.2 Å². The minimum atomic E-state index is -0.312. The van der Waals surface area contributed by atoms with Crippen LogP contribution in [0.3, 0.4) is 0 Å². The number of rotatable bonds is 8. The van der Waals surface area contributed by atoms with Gasteiger partial charge in [0, 0.05) is 25.6 Å². The molecule has 0 aromatic rings. The Morgan fingerprint density at radius 2 is 1.88 bits per heavy atom. The minimum Gasteiger partial charge on any atom is -0.392 e. The van der Waals surface area contributed by atoms with Gasteiger partial charge in [0.1, 0.15) is 0 Å². The molecule has 0 radical (unpaired) electrons. The molecule has 0 fully saturated rings. The highest BCUT2D eigenvalue weighted by molar-refractivity contribution is 5.76. The fraction of sp³-hybridized carbons (Fsp3) is 0.917. The third-order valence-electron chi connectivity index (χ3n) is 2.10. The van der Waals surface area contributed by atoms with E-state index in [1.54, 1.807) is 0 Å². The Kier molecular flexibility index (Phi) is 8.21. The molecule has 3 N–H and O–H groups in total. The molecule has 1 amide bonds. The van der Waals surface area contributed by atoms with Crippen molar-refractivity contribution in [3.8, 4) is 0 Å². The van der Waals surface area contributed by atoms with Gasteiger partial charge < -0.3 is 15.7 Å². The largest absolute Gasteiger partial charge is 0.392 e. The average molecular weight is 230 g/mol. The van der Waals surface area contributed by atoms with Gasteiger partial charge in [-0.05, 0) is 26.2 Å². The Morgan fingerprint density at radius 1 is 1.25 bits per heavy atom. The highest BCUT2D eigenvalue weighted by Crippen LogP contribution is 2.02. The standard InChI is InChI=1S/C12H26N2O2/c1-9(2)7-11(15)8-13-6-5-12(16)14-10(3)4/h9-11,13,15H,5-8H2,1-4H3,(H,14,16). The highest BCUT2D eigenvalue weighted by Gasteiger charge is 2.07. The molecule has 4 heteroatoms. The van der Waals surface area contributed by atoms with E-state index in [4.69, 9.17) is 0 Å². The van der Waals surface area contributed by atoms with Gasteiger partial charge in [-0.2, -0.15) is 0 Å². The summed E-state index contributed by atoms with van der Waals surface area (Å²) < 4.78 is 0. The van der Waals surface area contributed by atoms with Crippen molar-refractivity contribution in [3.05, 3.63) is 0 Å². The van der Waals surface area contributed by atoms with Crippen molar-refractivity contribution in [1.82, 2.24) is 10.6 Å². The van der Waals surface area contributed by atoms with Crippen molar-refractivity contribution in [2.24, 2.45) is 5.92 Å². The molecule has 1 atom stereocenters. The van der Waals surface area contributed by atoms with Gasteiger partial charge >= 0.3 is 0 Å². The number of carbonyl (C=O) groups is 1. The second kappa shape index (κ2) is 8.53. The van der Waals surface area contributed by atoms with Crippen LogP contribution in [0.4, 0.5) is 0 Å². The molecule has 0 aromatic heterocycles. The number of hydrogen-bond acceptors (Lipinski definition) is 3. The van der Waals surface area contributed by atoms with E-state index in [0.717, 1.165) is 6.42 Å². The van der Waals surface area contributed by atoms with Gasteiger partial charge in [-0.15, -0.1) is 0 Å². The number of aliphatic hydroxyl groups excluding tert-OH is 1. The summed E-state index contributed by atoms with van der Waals surface area (Å²) in [7, 11) is 0.